The Morgan fingerprint density at radius 2 is 2.05 bits per heavy atom. The van der Waals surface area contributed by atoms with Gasteiger partial charge in [-0.1, -0.05) is 29.3 Å². The molecular weight excluding hydrogens is 307 g/mol. The van der Waals surface area contributed by atoms with Gasteiger partial charge < -0.3 is 5.21 Å². The largest absolute Gasteiger partial charge is 0.624 e. The molecule has 0 amide bonds. The molecule has 5 unspecified atom stereocenters. The maximum Gasteiger partial charge on any atom is 0.182 e. The molecule has 0 spiro atoms. The summed E-state index contributed by atoms with van der Waals surface area (Å²) in [5, 5.41) is 13.2. The zero-order valence-corrected chi connectivity index (χ0v) is 13.4. The summed E-state index contributed by atoms with van der Waals surface area (Å²) in [6.07, 6.45) is 3.59. The van der Waals surface area contributed by atoms with Gasteiger partial charge in [-0.2, -0.15) is 0 Å². The Morgan fingerprint density at radius 3 is 2.76 bits per heavy atom. The number of piperidine rings is 1. The first-order valence-corrected chi connectivity index (χ1v) is 8.29. The summed E-state index contributed by atoms with van der Waals surface area (Å²) in [5.74, 6) is 0.728. The average Bonchev–Trinajstić information content (AvgIpc) is 2.88. The van der Waals surface area contributed by atoms with E-state index in [9.17, 15) is 5.21 Å². The van der Waals surface area contributed by atoms with Crippen LogP contribution in [0.3, 0.4) is 0 Å². The molecule has 1 aromatic carbocycles. The van der Waals surface area contributed by atoms with E-state index in [1.54, 1.807) is 7.05 Å². The van der Waals surface area contributed by atoms with Crippen molar-refractivity contribution in [2.45, 2.75) is 37.3 Å². The van der Waals surface area contributed by atoms with Gasteiger partial charge in [-0.05, 0) is 42.9 Å². The number of nitrogens with zero attached hydrogens (tertiary/aromatic N) is 2. The normalized spacial score (nSPS) is 39.7. The van der Waals surface area contributed by atoms with E-state index < -0.39 is 0 Å². The second-order valence-electron chi connectivity index (χ2n) is 6.50. The van der Waals surface area contributed by atoms with Crippen LogP contribution < -0.4 is 0 Å². The molecule has 0 aromatic heterocycles. The highest BCUT2D eigenvalue weighted by Gasteiger charge is 2.56. The number of benzene rings is 1. The Hall–Kier alpha value is -0.770. The molecule has 3 fully saturated rings. The monoisotopic (exact) mass is 324 g/mol. The quantitative estimate of drug-likeness (QED) is 0.449. The van der Waals surface area contributed by atoms with E-state index in [0.717, 1.165) is 23.4 Å². The molecule has 3 aliphatic heterocycles. The van der Waals surface area contributed by atoms with E-state index in [0.29, 0.717) is 34.0 Å². The fourth-order valence-corrected chi connectivity index (χ4v) is 5.01. The van der Waals surface area contributed by atoms with Gasteiger partial charge in [0.15, 0.2) is 5.71 Å². The molecule has 21 heavy (non-hydrogen) atoms. The van der Waals surface area contributed by atoms with Crippen molar-refractivity contribution in [2.75, 3.05) is 13.6 Å². The van der Waals surface area contributed by atoms with Crippen LogP contribution in [0, 0.1) is 11.1 Å². The summed E-state index contributed by atoms with van der Waals surface area (Å²) in [5.41, 5.74) is 2.27. The molecule has 0 radical (unpaired) electrons. The second-order valence-corrected chi connectivity index (χ2v) is 7.32. The number of hydroxylamine groups is 1. The predicted molar refractivity (Wildman–Crippen MR) is 85.4 cm³/mol. The van der Waals surface area contributed by atoms with Gasteiger partial charge in [-0.15, -0.1) is 0 Å². The van der Waals surface area contributed by atoms with Crippen LogP contribution in [-0.2, 0) is 0 Å². The Morgan fingerprint density at radius 1 is 1.24 bits per heavy atom. The lowest BCUT2D eigenvalue weighted by molar-refractivity contribution is -0.426. The highest BCUT2D eigenvalue weighted by atomic mass is 35.5. The van der Waals surface area contributed by atoms with Gasteiger partial charge in [0, 0.05) is 12.1 Å². The van der Waals surface area contributed by atoms with Crippen molar-refractivity contribution < 1.29 is 4.74 Å². The highest BCUT2D eigenvalue weighted by molar-refractivity contribution is 6.42. The average molecular weight is 325 g/mol. The van der Waals surface area contributed by atoms with E-state index in [4.69, 9.17) is 23.2 Å². The summed E-state index contributed by atoms with van der Waals surface area (Å²) < 4.78 is 1.09. The van der Waals surface area contributed by atoms with E-state index in [-0.39, 0.29) is 0 Å². The minimum atomic E-state index is 0.337. The van der Waals surface area contributed by atoms with Gasteiger partial charge in [-0.3, -0.25) is 4.90 Å². The van der Waals surface area contributed by atoms with Crippen LogP contribution in [-0.4, -0.2) is 41.0 Å². The van der Waals surface area contributed by atoms with Gasteiger partial charge in [0.1, 0.15) is 7.05 Å². The minimum absolute atomic E-state index is 0.337. The smallest absolute Gasteiger partial charge is 0.182 e. The molecule has 3 nitrogen and oxygen atoms in total. The Bertz CT molecular complexity index is 627. The zero-order valence-electron chi connectivity index (χ0n) is 11.9. The third-order valence-corrected chi connectivity index (χ3v) is 6.31. The van der Waals surface area contributed by atoms with Gasteiger partial charge in [0.2, 0.25) is 0 Å². The first-order chi connectivity index (χ1) is 10.1. The summed E-state index contributed by atoms with van der Waals surface area (Å²) in [6.45, 7) is 0.845. The standard InChI is InChI=1S/C16H18Cl2N2O/c1-19(21)15-8-20-10-3-5-14(20)16(15)11(7-10)9-2-4-12(17)13(18)6-9/h2,4,6,10-11,14,16H,3,5,7-8H2,1H3/b19-15+. The molecule has 0 saturated carbocycles. The molecule has 0 N–H and O–H groups in total. The van der Waals surface area contributed by atoms with Gasteiger partial charge in [0.25, 0.3) is 0 Å². The van der Waals surface area contributed by atoms with Crippen LogP contribution in [0.25, 0.3) is 0 Å². The van der Waals surface area contributed by atoms with Gasteiger partial charge >= 0.3 is 0 Å². The number of rotatable bonds is 1. The van der Waals surface area contributed by atoms with Crippen LogP contribution in [0.4, 0.5) is 0 Å². The second kappa shape index (κ2) is 4.87. The SMILES string of the molecule is C/[N+]([O-])=C1/CN2C3CCC2C1C(c1ccc(Cl)c(Cl)c1)C3. The Balaban J connectivity index is 1.78. The minimum Gasteiger partial charge on any atom is -0.624 e. The van der Waals surface area contributed by atoms with Crippen molar-refractivity contribution in [1.29, 1.82) is 0 Å². The maximum absolute atomic E-state index is 12.0. The Kier molecular flexibility index (Phi) is 3.21. The number of halogens is 2. The van der Waals surface area contributed by atoms with Crippen molar-refractivity contribution in [2.24, 2.45) is 5.92 Å². The molecule has 0 aliphatic carbocycles. The zero-order chi connectivity index (χ0) is 14.7. The maximum atomic E-state index is 12.0. The van der Waals surface area contributed by atoms with Crippen molar-refractivity contribution in [3.8, 4) is 0 Å². The van der Waals surface area contributed by atoms with Crippen molar-refractivity contribution >= 4 is 28.9 Å². The third-order valence-electron chi connectivity index (χ3n) is 5.57. The van der Waals surface area contributed by atoms with E-state index >= 15 is 0 Å². The van der Waals surface area contributed by atoms with Crippen LogP contribution in [0.1, 0.15) is 30.7 Å². The van der Waals surface area contributed by atoms with E-state index in [2.05, 4.69) is 11.0 Å². The van der Waals surface area contributed by atoms with Gasteiger partial charge in [-0.25, -0.2) is 4.74 Å². The summed E-state index contributed by atoms with van der Waals surface area (Å²) >= 11 is 12.2. The molecule has 1 aromatic rings. The van der Waals surface area contributed by atoms with Crippen molar-refractivity contribution in [3.05, 3.63) is 39.0 Å². The first-order valence-electron chi connectivity index (χ1n) is 7.53. The third kappa shape index (κ3) is 2.01. The lowest BCUT2D eigenvalue weighted by Gasteiger charge is -2.36. The van der Waals surface area contributed by atoms with Crippen LogP contribution in [0.15, 0.2) is 18.2 Å². The summed E-state index contributed by atoms with van der Waals surface area (Å²) in [4.78, 5) is 2.54. The molecule has 5 atom stereocenters. The van der Waals surface area contributed by atoms with Crippen molar-refractivity contribution in [1.82, 2.24) is 4.90 Å². The lowest BCUT2D eigenvalue weighted by Crippen LogP contribution is -2.41. The van der Waals surface area contributed by atoms with Crippen LogP contribution in [0.5, 0.6) is 0 Å². The number of hydrogen-bond acceptors (Lipinski definition) is 2. The fourth-order valence-electron chi connectivity index (χ4n) is 4.70. The predicted octanol–water partition coefficient (Wildman–Crippen LogP) is 3.52. The van der Waals surface area contributed by atoms with Crippen LogP contribution in [0.2, 0.25) is 10.0 Å². The first kappa shape index (κ1) is 13.9. The molecule has 4 bridgehead atoms. The van der Waals surface area contributed by atoms with E-state index in [1.807, 2.05) is 12.1 Å². The molecule has 5 heteroatoms. The summed E-state index contributed by atoms with van der Waals surface area (Å²) in [6, 6.07) is 7.10. The fraction of sp³-hybridized carbons (Fsp3) is 0.562. The molecular formula is C16H18Cl2N2O. The topological polar surface area (TPSA) is 29.3 Å². The molecule has 112 valence electrons. The molecule has 3 saturated heterocycles. The van der Waals surface area contributed by atoms with Gasteiger partial charge in [0.05, 0.1) is 22.5 Å². The molecule has 3 aliphatic rings. The van der Waals surface area contributed by atoms with Crippen LogP contribution >= 0.6 is 23.2 Å². The van der Waals surface area contributed by atoms with E-state index in [1.165, 1.54) is 18.4 Å². The van der Waals surface area contributed by atoms with Crippen molar-refractivity contribution in [3.63, 3.8) is 0 Å². The summed E-state index contributed by atoms with van der Waals surface area (Å²) in [7, 11) is 1.64. The highest BCUT2D eigenvalue weighted by Crippen LogP contribution is 2.51. The number of hydrogen-bond donors (Lipinski definition) is 0. The Labute approximate surface area is 134 Å². The molecule has 4 rings (SSSR count). The molecule has 3 heterocycles. The lowest BCUT2D eigenvalue weighted by atomic mass is 9.77.